The average molecular weight is 208 g/mol. The van der Waals surface area contributed by atoms with E-state index in [2.05, 4.69) is 0 Å². The Bertz CT molecular complexity index is 343. The second-order valence-corrected chi connectivity index (χ2v) is 4.08. The monoisotopic (exact) mass is 208 g/mol. The van der Waals surface area contributed by atoms with E-state index in [1.54, 1.807) is 12.1 Å². The summed E-state index contributed by atoms with van der Waals surface area (Å²) in [4.78, 5) is 0. The summed E-state index contributed by atoms with van der Waals surface area (Å²) in [7, 11) is 0. The molecule has 1 aromatic carbocycles. The number of benzene rings is 1. The third-order valence-corrected chi connectivity index (χ3v) is 3.03. The summed E-state index contributed by atoms with van der Waals surface area (Å²) in [6.45, 7) is 2.86. The lowest BCUT2D eigenvalue weighted by atomic mass is 9.93. The maximum absolute atomic E-state index is 9.71. The molecule has 1 aliphatic heterocycles. The molecular formula is C12H16O3. The van der Waals surface area contributed by atoms with Crippen LogP contribution in [0.25, 0.3) is 0 Å². The molecule has 2 atom stereocenters. The molecule has 0 aromatic heterocycles. The third-order valence-electron chi connectivity index (χ3n) is 3.03. The molecule has 3 heteroatoms. The molecule has 1 aliphatic rings. The Morgan fingerprint density at radius 1 is 1.40 bits per heavy atom. The fourth-order valence-electron chi connectivity index (χ4n) is 2.11. The van der Waals surface area contributed by atoms with Crippen LogP contribution in [0, 0.1) is 0 Å². The van der Waals surface area contributed by atoms with Gasteiger partial charge in [0.2, 0.25) is 0 Å². The summed E-state index contributed by atoms with van der Waals surface area (Å²) < 4.78 is 5.58. The van der Waals surface area contributed by atoms with Crippen LogP contribution in [0.5, 0.6) is 11.5 Å². The molecule has 2 rings (SSSR count). The van der Waals surface area contributed by atoms with Gasteiger partial charge in [0, 0.05) is 18.6 Å². The predicted octanol–water partition coefficient (Wildman–Crippen LogP) is 2.38. The standard InChI is InChI=1S/C12H16O3/c1-8(12-3-2-6-15-12)10-5-4-9(13)7-11(10)14/h4-5,7-8,12-14H,2-3,6H2,1H3. The molecule has 1 heterocycles. The van der Waals surface area contributed by atoms with Crippen molar-refractivity contribution < 1.29 is 14.9 Å². The van der Waals surface area contributed by atoms with Gasteiger partial charge in [-0.1, -0.05) is 13.0 Å². The van der Waals surface area contributed by atoms with E-state index in [-0.39, 0.29) is 23.5 Å². The van der Waals surface area contributed by atoms with Gasteiger partial charge in [0.1, 0.15) is 11.5 Å². The van der Waals surface area contributed by atoms with Crippen LogP contribution in [-0.2, 0) is 4.74 Å². The lowest BCUT2D eigenvalue weighted by Gasteiger charge is -2.19. The zero-order chi connectivity index (χ0) is 10.8. The second-order valence-electron chi connectivity index (χ2n) is 4.08. The van der Waals surface area contributed by atoms with Crippen molar-refractivity contribution in [3.05, 3.63) is 23.8 Å². The topological polar surface area (TPSA) is 49.7 Å². The van der Waals surface area contributed by atoms with E-state index >= 15 is 0 Å². The SMILES string of the molecule is CC(c1ccc(O)cc1O)C1CCCO1. The zero-order valence-electron chi connectivity index (χ0n) is 8.81. The smallest absolute Gasteiger partial charge is 0.122 e. The molecule has 2 N–H and O–H groups in total. The van der Waals surface area contributed by atoms with Crippen molar-refractivity contribution in [1.29, 1.82) is 0 Å². The lowest BCUT2D eigenvalue weighted by Crippen LogP contribution is -2.14. The average Bonchev–Trinajstić information content (AvgIpc) is 2.69. The molecule has 0 amide bonds. The van der Waals surface area contributed by atoms with E-state index in [9.17, 15) is 10.2 Å². The molecule has 1 fully saturated rings. The van der Waals surface area contributed by atoms with E-state index in [4.69, 9.17) is 4.74 Å². The molecule has 0 aliphatic carbocycles. The van der Waals surface area contributed by atoms with Gasteiger partial charge in [-0.15, -0.1) is 0 Å². The molecule has 1 aromatic rings. The largest absolute Gasteiger partial charge is 0.508 e. The Labute approximate surface area is 89.3 Å². The van der Waals surface area contributed by atoms with Gasteiger partial charge in [-0.05, 0) is 24.5 Å². The third kappa shape index (κ3) is 2.07. The maximum atomic E-state index is 9.71. The Hall–Kier alpha value is -1.22. The lowest BCUT2D eigenvalue weighted by molar-refractivity contribution is 0.0924. The highest BCUT2D eigenvalue weighted by Gasteiger charge is 2.25. The summed E-state index contributed by atoms with van der Waals surface area (Å²) in [6.07, 6.45) is 2.33. The van der Waals surface area contributed by atoms with Gasteiger partial charge in [0.15, 0.2) is 0 Å². The van der Waals surface area contributed by atoms with Crippen molar-refractivity contribution in [2.24, 2.45) is 0 Å². The van der Waals surface area contributed by atoms with Crippen molar-refractivity contribution in [1.82, 2.24) is 0 Å². The number of hydrogen-bond donors (Lipinski definition) is 2. The van der Waals surface area contributed by atoms with Crippen LogP contribution in [0.3, 0.4) is 0 Å². The summed E-state index contributed by atoms with van der Waals surface area (Å²) in [5.41, 5.74) is 0.847. The van der Waals surface area contributed by atoms with Crippen molar-refractivity contribution in [2.75, 3.05) is 6.61 Å². The van der Waals surface area contributed by atoms with E-state index < -0.39 is 0 Å². The molecule has 0 bridgehead atoms. The van der Waals surface area contributed by atoms with Crippen LogP contribution in [0.2, 0.25) is 0 Å². The number of hydrogen-bond acceptors (Lipinski definition) is 3. The van der Waals surface area contributed by atoms with Crippen LogP contribution in [-0.4, -0.2) is 22.9 Å². The second kappa shape index (κ2) is 4.11. The Morgan fingerprint density at radius 3 is 2.80 bits per heavy atom. The Morgan fingerprint density at radius 2 is 2.20 bits per heavy atom. The highest BCUT2D eigenvalue weighted by Crippen LogP contribution is 2.34. The molecule has 0 saturated carbocycles. The number of phenolic OH excluding ortho intramolecular Hbond substituents is 2. The number of rotatable bonds is 2. The minimum atomic E-state index is 0.0933. The molecule has 0 radical (unpaired) electrons. The fraction of sp³-hybridized carbons (Fsp3) is 0.500. The van der Waals surface area contributed by atoms with Crippen LogP contribution >= 0.6 is 0 Å². The first kappa shape index (κ1) is 10.3. The molecular weight excluding hydrogens is 192 g/mol. The fourth-order valence-corrected chi connectivity index (χ4v) is 2.11. The van der Waals surface area contributed by atoms with Gasteiger partial charge in [0.05, 0.1) is 6.10 Å². The minimum Gasteiger partial charge on any atom is -0.508 e. The summed E-state index contributed by atoms with van der Waals surface area (Å²) in [5.74, 6) is 0.418. The van der Waals surface area contributed by atoms with Crippen LogP contribution in [0.15, 0.2) is 18.2 Å². The summed E-state index contributed by atoms with van der Waals surface area (Å²) >= 11 is 0. The zero-order valence-corrected chi connectivity index (χ0v) is 8.81. The Balaban J connectivity index is 2.20. The number of aromatic hydroxyl groups is 2. The minimum absolute atomic E-state index is 0.0933. The van der Waals surface area contributed by atoms with Crippen molar-refractivity contribution in [2.45, 2.75) is 31.8 Å². The van der Waals surface area contributed by atoms with Crippen molar-refractivity contribution in [3.8, 4) is 11.5 Å². The number of ether oxygens (including phenoxy) is 1. The van der Waals surface area contributed by atoms with Gasteiger partial charge < -0.3 is 14.9 Å². The van der Waals surface area contributed by atoms with Gasteiger partial charge in [-0.25, -0.2) is 0 Å². The molecule has 1 saturated heterocycles. The molecule has 15 heavy (non-hydrogen) atoms. The van der Waals surface area contributed by atoms with Crippen LogP contribution in [0.4, 0.5) is 0 Å². The first-order valence-electron chi connectivity index (χ1n) is 5.32. The highest BCUT2D eigenvalue weighted by molar-refractivity contribution is 5.41. The quantitative estimate of drug-likeness (QED) is 0.784. The van der Waals surface area contributed by atoms with E-state index in [1.165, 1.54) is 6.07 Å². The Kier molecular flexibility index (Phi) is 2.82. The number of phenols is 2. The van der Waals surface area contributed by atoms with Crippen LogP contribution in [0.1, 0.15) is 31.2 Å². The van der Waals surface area contributed by atoms with Gasteiger partial charge >= 0.3 is 0 Å². The van der Waals surface area contributed by atoms with E-state index in [1.807, 2.05) is 6.92 Å². The van der Waals surface area contributed by atoms with E-state index in [0.717, 1.165) is 25.0 Å². The molecule has 3 nitrogen and oxygen atoms in total. The summed E-state index contributed by atoms with van der Waals surface area (Å²) in [6, 6.07) is 4.73. The molecule has 0 spiro atoms. The van der Waals surface area contributed by atoms with Crippen LogP contribution < -0.4 is 0 Å². The maximum Gasteiger partial charge on any atom is 0.122 e. The van der Waals surface area contributed by atoms with Gasteiger partial charge in [0.25, 0.3) is 0 Å². The normalized spacial score (nSPS) is 22.9. The summed E-state index contributed by atoms with van der Waals surface area (Å²) in [5, 5.41) is 18.9. The van der Waals surface area contributed by atoms with Gasteiger partial charge in [-0.2, -0.15) is 0 Å². The molecule has 82 valence electrons. The molecule has 2 unspecified atom stereocenters. The van der Waals surface area contributed by atoms with Crippen molar-refractivity contribution in [3.63, 3.8) is 0 Å². The van der Waals surface area contributed by atoms with E-state index in [0.29, 0.717) is 0 Å². The highest BCUT2D eigenvalue weighted by atomic mass is 16.5. The predicted molar refractivity (Wildman–Crippen MR) is 57.2 cm³/mol. The first-order chi connectivity index (χ1) is 7.18. The van der Waals surface area contributed by atoms with Gasteiger partial charge in [-0.3, -0.25) is 0 Å². The van der Waals surface area contributed by atoms with Crippen molar-refractivity contribution >= 4 is 0 Å². The first-order valence-corrected chi connectivity index (χ1v) is 5.32.